The van der Waals surface area contributed by atoms with Crippen LogP contribution in [0.25, 0.3) is 10.9 Å². The molecule has 2 heterocycles. The Bertz CT molecular complexity index is 685. The average molecular weight is 315 g/mol. The minimum atomic E-state index is -0.314. The van der Waals surface area contributed by atoms with Gasteiger partial charge in [0.1, 0.15) is 6.54 Å². The van der Waals surface area contributed by atoms with Crippen LogP contribution in [0, 0.1) is 6.92 Å². The highest BCUT2D eigenvalue weighted by atomic mass is 16.3. The number of fused-ring (bicyclic) bond motifs is 1. The molecule has 1 fully saturated rings. The minimum Gasteiger partial charge on any atom is -0.392 e. The summed E-state index contributed by atoms with van der Waals surface area (Å²) in [5.74, 6) is 0.172. The van der Waals surface area contributed by atoms with Crippen molar-refractivity contribution in [2.45, 2.75) is 26.5 Å². The SMILES string of the molecule is Cc1cc2ccccc2n1CC(=O)N1CCN(C[C@H](C)O)CC1. The van der Waals surface area contributed by atoms with Gasteiger partial charge >= 0.3 is 0 Å². The van der Waals surface area contributed by atoms with Crippen LogP contribution in [0.5, 0.6) is 0 Å². The lowest BCUT2D eigenvalue weighted by Crippen LogP contribution is -2.50. The molecule has 124 valence electrons. The summed E-state index contributed by atoms with van der Waals surface area (Å²) in [5.41, 5.74) is 2.23. The fourth-order valence-corrected chi connectivity index (χ4v) is 3.35. The molecule has 1 aromatic carbocycles. The molecule has 0 spiro atoms. The Balaban J connectivity index is 1.64. The molecule has 1 atom stereocenters. The summed E-state index contributed by atoms with van der Waals surface area (Å²) in [5, 5.41) is 10.6. The fourth-order valence-electron chi connectivity index (χ4n) is 3.35. The zero-order valence-electron chi connectivity index (χ0n) is 13.9. The number of aliphatic hydroxyl groups is 1. The molecule has 2 aromatic rings. The minimum absolute atomic E-state index is 0.172. The molecular formula is C18H25N3O2. The molecule has 1 aliphatic heterocycles. The van der Waals surface area contributed by atoms with Crippen LogP contribution in [0.3, 0.4) is 0 Å². The number of hydrogen-bond donors (Lipinski definition) is 1. The average Bonchev–Trinajstić information content (AvgIpc) is 2.83. The third-order valence-corrected chi connectivity index (χ3v) is 4.56. The molecule has 5 nitrogen and oxygen atoms in total. The third-order valence-electron chi connectivity index (χ3n) is 4.56. The molecule has 0 saturated carbocycles. The molecule has 1 N–H and O–H groups in total. The van der Waals surface area contributed by atoms with Gasteiger partial charge < -0.3 is 14.6 Å². The molecule has 1 aliphatic rings. The van der Waals surface area contributed by atoms with Gasteiger partial charge in [0.05, 0.1) is 6.10 Å². The first-order chi connectivity index (χ1) is 11.0. The number of hydrogen-bond acceptors (Lipinski definition) is 3. The van der Waals surface area contributed by atoms with Gasteiger partial charge in [-0.05, 0) is 31.4 Å². The lowest BCUT2D eigenvalue weighted by molar-refractivity contribution is -0.133. The van der Waals surface area contributed by atoms with Gasteiger partial charge in [0.25, 0.3) is 0 Å². The molecule has 0 unspecified atom stereocenters. The fraction of sp³-hybridized carbons (Fsp3) is 0.500. The molecule has 1 amide bonds. The predicted octanol–water partition coefficient (Wildman–Crippen LogP) is 1.47. The van der Waals surface area contributed by atoms with Crippen molar-refractivity contribution < 1.29 is 9.90 Å². The smallest absolute Gasteiger partial charge is 0.242 e. The van der Waals surface area contributed by atoms with E-state index < -0.39 is 0 Å². The van der Waals surface area contributed by atoms with Gasteiger partial charge in [0, 0.05) is 43.9 Å². The molecule has 1 aromatic heterocycles. The van der Waals surface area contributed by atoms with E-state index in [1.54, 1.807) is 6.92 Å². The van der Waals surface area contributed by atoms with E-state index in [0.717, 1.165) is 37.4 Å². The van der Waals surface area contributed by atoms with Crippen LogP contribution in [0.4, 0.5) is 0 Å². The van der Waals surface area contributed by atoms with Crippen LogP contribution in [-0.2, 0) is 11.3 Å². The molecule has 0 bridgehead atoms. The van der Waals surface area contributed by atoms with Crippen molar-refractivity contribution in [1.82, 2.24) is 14.4 Å². The van der Waals surface area contributed by atoms with Crippen molar-refractivity contribution in [1.29, 1.82) is 0 Å². The highest BCUT2D eigenvalue weighted by Gasteiger charge is 2.22. The number of aryl methyl sites for hydroxylation is 1. The Hall–Kier alpha value is -1.85. The van der Waals surface area contributed by atoms with Crippen LogP contribution in [0.2, 0.25) is 0 Å². The summed E-state index contributed by atoms with van der Waals surface area (Å²) in [6.07, 6.45) is -0.314. The number of rotatable bonds is 4. The van der Waals surface area contributed by atoms with Gasteiger partial charge in [-0.3, -0.25) is 9.69 Å². The standard InChI is InChI=1S/C18H25N3O2/c1-14-11-16-5-3-4-6-17(16)21(14)13-18(23)20-9-7-19(8-10-20)12-15(2)22/h3-6,11,15,22H,7-10,12-13H2,1-2H3/t15-/m0/s1. The summed E-state index contributed by atoms with van der Waals surface area (Å²) >= 11 is 0. The summed E-state index contributed by atoms with van der Waals surface area (Å²) in [6.45, 7) is 8.09. The quantitative estimate of drug-likeness (QED) is 0.929. The molecule has 1 saturated heterocycles. The summed E-state index contributed by atoms with van der Waals surface area (Å²) < 4.78 is 2.10. The van der Waals surface area contributed by atoms with E-state index in [4.69, 9.17) is 0 Å². The number of aliphatic hydroxyl groups excluding tert-OH is 1. The van der Waals surface area contributed by atoms with Crippen LogP contribution in [0.15, 0.2) is 30.3 Å². The van der Waals surface area contributed by atoms with Crippen molar-refractivity contribution in [3.63, 3.8) is 0 Å². The first-order valence-corrected chi connectivity index (χ1v) is 8.27. The highest BCUT2D eigenvalue weighted by Crippen LogP contribution is 2.19. The maximum absolute atomic E-state index is 12.6. The molecule has 0 radical (unpaired) electrons. The van der Waals surface area contributed by atoms with E-state index >= 15 is 0 Å². The largest absolute Gasteiger partial charge is 0.392 e. The number of aromatic nitrogens is 1. The van der Waals surface area contributed by atoms with E-state index in [-0.39, 0.29) is 12.0 Å². The number of benzene rings is 1. The van der Waals surface area contributed by atoms with Crippen molar-refractivity contribution in [2.24, 2.45) is 0 Å². The number of para-hydroxylation sites is 1. The maximum Gasteiger partial charge on any atom is 0.242 e. The van der Waals surface area contributed by atoms with Gasteiger partial charge in [-0.15, -0.1) is 0 Å². The zero-order valence-corrected chi connectivity index (χ0v) is 13.9. The second kappa shape index (κ2) is 6.72. The molecule has 23 heavy (non-hydrogen) atoms. The van der Waals surface area contributed by atoms with E-state index in [0.29, 0.717) is 13.1 Å². The van der Waals surface area contributed by atoms with Crippen molar-refractivity contribution in [3.05, 3.63) is 36.0 Å². The summed E-state index contributed by atoms with van der Waals surface area (Å²) in [4.78, 5) is 16.8. The van der Waals surface area contributed by atoms with E-state index in [1.807, 2.05) is 24.0 Å². The van der Waals surface area contributed by atoms with Gasteiger partial charge in [0.2, 0.25) is 5.91 Å². The second-order valence-electron chi connectivity index (χ2n) is 6.46. The van der Waals surface area contributed by atoms with E-state index in [2.05, 4.69) is 27.7 Å². The number of carbonyl (C=O) groups is 1. The number of piperazine rings is 1. The van der Waals surface area contributed by atoms with Crippen LogP contribution in [-0.4, -0.2) is 64.2 Å². The van der Waals surface area contributed by atoms with Crippen LogP contribution in [0.1, 0.15) is 12.6 Å². The first kappa shape index (κ1) is 16.0. The molecule has 0 aliphatic carbocycles. The highest BCUT2D eigenvalue weighted by molar-refractivity contribution is 5.84. The Morgan fingerprint density at radius 2 is 1.91 bits per heavy atom. The van der Waals surface area contributed by atoms with E-state index in [9.17, 15) is 9.90 Å². The van der Waals surface area contributed by atoms with Gasteiger partial charge in [-0.25, -0.2) is 0 Å². The van der Waals surface area contributed by atoms with Gasteiger partial charge in [-0.1, -0.05) is 18.2 Å². The Kier molecular flexibility index (Phi) is 4.68. The third kappa shape index (κ3) is 3.57. The number of β-amino-alcohol motifs (C(OH)–C–C–N with tert-alkyl or cyclic N) is 1. The zero-order chi connectivity index (χ0) is 16.4. The van der Waals surface area contributed by atoms with Gasteiger partial charge in [0.15, 0.2) is 0 Å². The van der Waals surface area contributed by atoms with Crippen molar-refractivity contribution in [2.75, 3.05) is 32.7 Å². The topological polar surface area (TPSA) is 48.7 Å². The monoisotopic (exact) mass is 315 g/mol. The second-order valence-corrected chi connectivity index (χ2v) is 6.46. The predicted molar refractivity (Wildman–Crippen MR) is 91.4 cm³/mol. The molecule has 3 rings (SSSR count). The normalized spacial score (nSPS) is 17.6. The number of nitrogens with zero attached hydrogens (tertiary/aromatic N) is 3. The van der Waals surface area contributed by atoms with Gasteiger partial charge in [-0.2, -0.15) is 0 Å². The first-order valence-electron chi connectivity index (χ1n) is 8.27. The molecular weight excluding hydrogens is 290 g/mol. The Morgan fingerprint density at radius 1 is 1.22 bits per heavy atom. The Labute approximate surface area is 137 Å². The van der Waals surface area contributed by atoms with Crippen molar-refractivity contribution in [3.8, 4) is 0 Å². The number of carbonyl (C=O) groups excluding carboxylic acids is 1. The van der Waals surface area contributed by atoms with Crippen LogP contribution >= 0.6 is 0 Å². The van der Waals surface area contributed by atoms with Crippen molar-refractivity contribution >= 4 is 16.8 Å². The maximum atomic E-state index is 12.6. The number of amides is 1. The molecule has 5 heteroatoms. The summed E-state index contributed by atoms with van der Waals surface area (Å²) in [6, 6.07) is 10.3. The lowest BCUT2D eigenvalue weighted by Gasteiger charge is -2.35. The summed E-state index contributed by atoms with van der Waals surface area (Å²) in [7, 11) is 0. The Morgan fingerprint density at radius 3 is 2.61 bits per heavy atom. The van der Waals surface area contributed by atoms with E-state index in [1.165, 1.54) is 5.39 Å². The van der Waals surface area contributed by atoms with Crippen LogP contribution < -0.4 is 0 Å². The lowest BCUT2D eigenvalue weighted by atomic mass is 10.2.